The Balaban J connectivity index is 2.70. The van der Waals surface area contributed by atoms with Crippen molar-refractivity contribution in [3.8, 4) is 5.75 Å². The summed E-state index contributed by atoms with van der Waals surface area (Å²) in [5.74, 6) is -0.267. The zero-order chi connectivity index (χ0) is 18.7. The van der Waals surface area contributed by atoms with E-state index in [0.717, 1.165) is 0 Å². The first-order valence-electron chi connectivity index (χ1n) is 7.99. The average Bonchev–Trinajstić information content (AvgIpc) is 2.58. The van der Waals surface area contributed by atoms with Crippen molar-refractivity contribution in [1.29, 1.82) is 0 Å². The molecular formula is C16H23ClNO6P. The largest absolute Gasteiger partial charge is 0.482 e. The fourth-order valence-electron chi connectivity index (χ4n) is 1.79. The van der Waals surface area contributed by atoms with Gasteiger partial charge in [0.05, 0.1) is 13.2 Å². The van der Waals surface area contributed by atoms with Crippen molar-refractivity contribution in [2.45, 2.75) is 33.6 Å². The number of ether oxygens (including phenoxy) is 1. The molecule has 0 heterocycles. The lowest BCUT2D eigenvalue weighted by Crippen LogP contribution is -2.14. The average molecular weight is 392 g/mol. The molecule has 0 atom stereocenters. The summed E-state index contributed by atoms with van der Waals surface area (Å²) >= 11 is 5.77. The first-order valence-corrected chi connectivity index (χ1v) is 9.92. The quantitative estimate of drug-likeness (QED) is 0.236. The smallest absolute Gasteiger partial charge is 0.378 e. The zero-order valence-electron chi connectivity index (χ0n) is 14.6. The summed E-state index contributed by atoms with van der Waals surface area (Å²) in [6.07, 6.45) is 0.963. The minimum Gasteiger partial charge on any atom is -0.482 e. The van der Waals surface area contributed by atoms with Crippen LogP contribution in [0.25, 0.3) is 0 Å². The van der Waals surface area contributed by atoms with Crippen LogP contribution in [0.2, 0.25) is 5.02 Å². The Bertz CT molecular complexity index is 610. The molecule has 25 heavy (non-hydrogen) atoms. The molecule has 0 spiro atoms. The van der Waals surface area contributed by atoms with E-state index in [2.05, 4.69) is 5.16 Å². The van der Waals surface area contributed by atoms with Crippen LogP contribution in [0.4, 0.5) is 0 Å². The number of halogens is 1. The van der Waals surface area contributed by atoms with E-state index >= 15 is 0 Å². The van der Waals surface area contributed by atoms with Crippen LogP contribution in [0.3, 0.4) is 0 Å². The van der Waals surface area contributed by atoms with Crippen molar-refractivity contribution >= 4 is 30.6 Å². The van der Waals surface area contributed by atoms with Crippen LogP contribution in [-0.2, 0) is 23.2 Å². The molecular weight excluding hydrogens is 369 g/mol. The Morgan fingerprint density at radius 1 is 1.12 bits per heavy atom. The Labute approximate surface area is 152 Å². The van der Waals surface area contributed by atoms with Crippen LogP contribution < -0.4 is 4.74 Å². The summed E-state index contributed by atoms with van der Waals surface area (Å²) in [4.78, 5) is 16.6. The molecule has 0 bridgehead atoms. The van der Waals surface area contributed by atoms with Crippen LogP contribution in [-0.4, -0.2) is 31.2 Å². The topological polar surface area (TPSA) is 83.4 Å². The van der Waals surface area contributed by atoms with E-state index < -0.39 is 13.6 Å². The molecule has 0 fully saturated rings. The maximum Gasteiger partial charge on any atom is 0.378 e. The fraction of sp³-hybridized carbons (Fsp3) is 0.500. The number of hydrogen-bond donors (Lipinski definition) is 0. The van der Waals surface area contributed by atoms with Gasteiger partial charge in [0, 0.05) is 11.4 Å². The van der Waals surface area contributed by atoms with Gasteiger partial charge in [0.1, 0.15) is 5.75 Å². The van der Waals surface area contributed by atoms with Crippen molar-refractivity contribution in [1.82, 2.24) is 0 Å². The summed E-state index contributed by atoms with van der Waals surface area (Å²) in [7, 11) is -3.57. The third-order valence-electron chi connectivity index (χ3n) is 2.81. The van der Waals surface area contributed by atoms with Gasteiger partial charge in [-0.2, -0.15) is 0 Å². The first kappa shape index (κ1) is 21.6. The van der Waals surface area contributed by atoms with Crippen LogP contribution >= 0.6 is 19.2 Å². The predicted octanol–water partition coefficient (Wildman–Crippen LogP) is 4.64. The van der Waals surface area contributed by atoms with Gasteiger partial charge in [-0.25, -0.2) is 4.79 Å². The Morgan fingerprint density at radius 2 is 1.72 bits per heavy atom. The Morgan fingerprint density at radius 3 is 2.24 bits per heavy atom. The maximum atomic E-state index is 12.7. The molecule has 0 amide bonds. The first-order chi connectivity index (χ1) is 11.9. The zero-order valence-corrected chi connectivity index (χ0v) is 16.2. The molecule has 1 aromatic rings. The number of oxime groups is 1. The van der Waals surface area contributed by atoms with Crippen LogP contribution in [0.1, 0.15) is 33.6 Å². The molecule has 0 aliphatic carbocycles. The van der Waals surface area contributed by atoms with E-state index in [1.807, 2.05) is 6.92 Å². The lowest BCUT2D eigenvalue weighted by atomic mass is 10.3. The predicted molar refractivity (Wildman–Crippen MR) is 96.2 cm³/mol. The maximum absolute atomic E-state index is 12.7. The van der Waals surface area contributed by atoms with E-state index in [1.54, 1.807) is 38.1 Å². The highest BCUT2D eigenvalue weighted by atomic mass is 35.5. The molecule has 7 nitrogen and oxygen atoms in total. The van der Waals surface area contributed by atoms with E-state index in [4.69, 9.17) is 30.2 Å². The molecule has 1 aromatic carbocycles. The third kappa shape index (κ3) is 7.57. The highest BCUT2D eigenvalue weighted by Gasteiger charge is 2.32. The summed E-state index contributed by atoms with van der Waals surface area (Å²) in [5.41, 5.74) is 0.0820. The number of carbonyl (C=O) groups is 1. The van der Waals surface area contributed by atoms with Gasteiger partial charge in [0.25, 0.3) is 0 Å². The molecule has 9 heteroatoms. The number of benzene rings is 1. The molecule has 1 rings (SSSR count). The van der Waals surface area contributed by atoms with Gasteiger partial charge in [-0.05, 0) is 38.1 Å². The second-order valence-electron chi connectivity index (χ2n) is 4.80. The number of carbonyl (C=O) groups excluding carboxylic acids is 1. The monoisotopic (exact) mass is 391 g/mol. The minimum atomic E-state index is -3.57. The van der Waals surface area contributed by atoms with Gasteiger partial charge >= 0.3 is 13.6 Å². The molecule has 0 N–H and O–H groups in total. The van der Waals surface area contributed by atoms with Crippen molar-refractivity contribution in [3.05, 3.63) is 29.3 Å². The number of hydrogen-bond acceptors (Lipinski definition) is 7. The summed E-state index contributed by atoms with van der Waals surface area (Å²) < 4.78 is 28.4. The minimum absolute atomic E-state index is 0.0820. The molecule has 0 aliphatic rings. The van der Waals surface area contributed by atoms with Gasteiger partial charge in [0.2, 0.25) is 0 Å². The second kappa shape index (κ2) is 11.3. The van der Waals surface area contributed by atoms with Crippen molar-refractivity contribution in [3.63, 3.8) is 0 Å². The third-order valence-corrected chi connectivity index (χ3v) is 5.20. The number of rotatable bonds is 11. The van der Waals surface area contributed by atoms with Crippen molar-refractivity contribution in [2.24, 2.45) is 5.16 Å². The van der Waals surface area contributed by atoms with Crippen molar-refractivity contribution < 1.29 is 28.0 Å². The second-order valence-corrected chi connectivity index (χ2v) is 7.26. The van der Waals surface area contributed by atoms with E-state index in [0.29, 0.717) is 23.6 Å². The Hall–Kier alpha value is -1.40. The molecule has 140 valence electrons. The van der Waals surface area contributed by atoms with Gasteiger partial charge in [-0.3, -0.25) is 4.57 Å². The molecule has 0 radical (unpaired) electrons. The lowest BCUT2D eigenvalue weighted by Gasteiger charge is -2.17. The standard InChI is InChI=1S/C16H23ClNO6P/c1-4-7-15(25(20,22-5-2)23-6-3)18-24-16(19)12-21-14-10-8-13(17)9-11-14/h8-11H,4-7,12H2,1-3H3. The van der Waals surface area contributed by atoms with Gasteiger partial charge in [-0.15, -0.1) is 0 Å². The van der Waals surface area contributed by atoms with Crippen LogP contribution in [0, 0.1) is 0 Å². The fourth-order valence-corrected chi connectivity index (χ4v) is 3.60. The normalized spacial score (nSPS) is 12.1. The lowest BCUT2D eigenvalue weighted by molar-refractivity contribution is -0.146. The highest BCUT2D eigenvalue weighted by molar-refractivity contribution is 7.72. The molecule has 0 aliphatic heterocycles. The van der Waals surface area contributed by atoms with Gasteiger partial charge in [0.15, 0.2) is 12.1 Å². The highest BCUT2D eigenvalue weighted by Crippen LogP contribution is 2.51. The summed E-state index contributed by atoms with van der Waals surface area (Å²) in [6, 6.07) is 6.53. The summed E-state index contributed by atoms with van der Waals surface area (Å²) in [6.45, 7) is 5.30. The van der Waals surface area contributed by atoms with E-state index in [1.165, 1.54) is 0 Å². The van der Waals surface area contributed by atoms with Gasteiger partial charge in [-0.1, -0.05) is 30.1 Å². The summed E-state index contributed by atoms with van der Waals surface area (Å²) in [5, 5.41) is 4.26. The Kier molecular flexibility index (Phi) is 9.75. The van der Waals surface area contributed by atoms with Crippen molar-refractivity contribution in [2.75, 3.05) is 19.8 Å². The van der Waals surface area contributed by atoms with Gasteiger partial charge < -0.3 is 18.6 Å². The molecule has 0 saturated carbocycles. The molecule has 0 aromatic heterocycles. The number of nitrogens with zero attached hydrogens (tertiary/aromatic N) is 1. The van der Waals surface area contributed by atoms with E-state index in [-0.39, 0.29) is 25.3 Å². The molecule has 0 unspecified atom stereocenters. The van der Waals surface area contributed by atoms with Crippen LogP contribution in [0.5, 0.6) is 5.75 Å². The van der Waals surface area contributed by atoms with Crippen LogP contribution in [0.15, 0.2) is 29.4 Å². The molecule has 0 saturated heterocycles. The van der Waals surface area contributed by atoms with E-state index in [9.17, 15) is 9.36 Å². The SMILES string of the molecule is CCCC(=NOC(=O)COc1ccc(Cl)cc1)P(=O)(OCC)OCC.